The minimum atomic E-state index is 0.616. The lowest BCUT2D eigenvalue weighted by Crippen LogP contribution is -2.28. The SMILES string of the molecule is ClC1=CC=C(I)NN1. The zero-order valence-corrected chi connectivity index (χ0v) is 6.82. The molecule has 0 aromatic rings. The summed E-state index contributed by atoms with van der Waals surface area (Å²) in [6, 6.07) is 0. The van der Waals surface area contributed by atoms with Crippen LogP contribution in [-0.4, -0.2) is 0 Å². The molecule has 0 spiro atoms. The van der Waals surface area contributed by atoms with Crippen molar-refractivity contribution in [2.24, 2.45) is 0 Å². The van der Waals surface area contributed by atoms with Crippen molar-refractivity contribution in [1.29, 1.82) is 0 Å². The Labute approximate surface area is 66.1 Å². The summed E-state index contributed by atoms with van der Waals surface area (Å²) in [6.45, 7) is 0. The molecule has 0 aromatic carbocycles. The Hall–Kier alpha value is 0.1000. The molecular formula is C4H4ClIN2. The molecule has 0 radical (unpaired) electrons. The van der Waals surface area contributed by atoms with Crippen LogP contribution in [0.4, 0.5) is 0 Å². The molecule has 0 aliphatic carbocycles. The van der Waals surface area contributed by atoms with Crippen molar-refractivity contribution in [2.45, 2.75) is 0 Å². The van der Waals surface area contributed by atoms with E-state index < -0.39 is 0 Å². The second-order valence-electron chi connectivity index (χ2n) is 1.28. The lowest BCUT2D eigenvalue weighted by Gasteiger charge is -2.09. The van der Waals surface area contributed by atoms with E-state index in [-0.39, 0.29) is 0 Å². The fourth-order valence-electron chi connectivity index (χ4n) is 0.349. The molecule has 1 heterocycles. The fraction of sp³-hybridized carbons (Fsp3) is 0. The van der Waals surface area contributed by atoms with Crippen molar-refractivity contribution >= 4 is 34.2 Å². The first kappa shape index (κ1) is 6.22. The van der Waals surface area contributed by atoms with Crippen molar-refractivity contribution in [1.82, 2.24) is 10.9 Å². The van der Waals surface area contributed by atoms with Crippen LogP contribution in [0.25, 0.3) is 0 Å². The van der Waals surface area contributed by atoms with E-state index in [9.17, 15) is 0 Å². The summed E-state index contributed by atoms with van der Waals surface area (Å²) in [5.41, 5.74) is 5.56. The van der Waals surface area contributed by atoms with Gasteiger partial charge < -0.3 is 0 Å². The molecule has 0 saturated heterocycles. The summed E-state index contributed by atoms with van der Waals surface area (Å²) in [6.07, 6.45) is 3.68. The third-order valence-electron chi connectivity index (χ3n) is 0.677. The number of rotatable bonds is 0. The monoisotopic (exact) mass is 242 g/mol. The average Bonchev–Trinajstić information content (AvgIpc) is 1.77. The highest BCUT2D eigenvalue weighted by Gasteiger charge is 1.94. The molecule has 2 N–H and O–H groups in total. The van der Waals surface area contributed by atoms with Gasteiger partial charge in [0.25, 0.3) is 0 Å². The van der Waals surface area contributed by atoms with Gasteiger partial charge in [-0.1, -0.05) is 11.6 Å². The van der Waals surface area contributed by atoms with Crippen molar-refractivity contribution < 1.29 is 0 Å². The van der Waals surface area contributed by atoms with Crippen LogP contribution in [0.15, 0.2) is 21.0 Å². The smallest absolute Gasteiger partial charge is 0.120 e. The van der Waals surface area contributed by atoms with Crippen LogP contribution < -0.4 is 10.9 Å². The van der Waals surface area contributed by atoms with Gasteiger partial charge in [0.15, 0.2) is 0 Å². The van der Waals surface area contributed by atoms with Crippen molar-refractivity contribution in [3.05, 3.63) is 21.0 Å². The Morgan fingerprint density at radius 2 is 2.12 bits per heavy atom. The molecule has 1 aliphatic rings. The van der Waals surface area contributed by atoms with Gasteiger partial charge >= 0.3 is 0 Å². The Morgan fingerprint density at radius 1 is 1.38 bits per heavy atom. The molecule has 0 amide bonds. The molecule has 1 aliphatic heterocycles. The molecule has 0 atom stereocenters. The van der Waals surface area contributed by atoms with Crippen LogP contribution in [0.5, 0.6) is 0 Å². The van der Waals surface area contributed by atoms with Gasteiger partial charge in [-0.2, -0.15) is 0 Å². The molecule has 0 saturated carbocycles. The van der Waals surface area contributed by atoms with Gasteiger partial charge in [0.2, 0.25) is 0 Å². The van der Waals surface area contributed by atoms with Gasteiger partial charge in [-0.25, -0.2) is 0 Å². The number of hydrogen-bond acceptors (Lipinski definition) is 2. The highest BCUT2D eigenvalue weighted by molar-refractivity contribution is 14.1. The third-order valence-corrected chi connectivity index (χ3v) is 1.53. The minimum Gasteiger partial charge on any atom is -0.294 e. The fourth-order valence-corrected chi connectivity index (χ4v) is 0.774. The van der Waals surface area contributed by atoms with Crippen LogP contribution in [0.3, 0.4) is 0 Å². The van der Waals surface area contributed by atoms with Crippen LogP contribution >= 0.6 is 34.2 Å². The van der Waals surface area contributed by atoms with E-state index in [1.165, 1.54) is 0 Å². The first-order valence-electron chi connectivity index (χ1n) is 2.04. The summed E-state index contributed by atoms with van der Waals surface area (Å²) in [5, 5.41) is 0.616. The van der Waals surface area contributed by atoms with Crippen LogP contribution in [0.2, 0.25) is 0 Å². The molecular weight excluding hydrogens is 238 g/mol. The number of nitrogens with one attached hydrogen (secondary N) is 2. The first-order chi connectivity index (χ1) is 3.79. The summed E-state index contributed by atoms with van der Waals surface area (Å²) >= 11 is 7.67. The van der Waals surface area contributed by atoms with Gasteiger partial charge in [-0.3, -0.25) is 10.9 Å². The standard InChI is InChI=1S/C4H4ClIN2/c5-3-1-2-4(6)8-7-3/h1-2,7-8H. The Morgan fingerprint density at radius 3 is 2.50 bits per heavy atom. The first-order valence-corrected chi connectivity index (χ1v) is 3.50. The van der Waals surface area contributed by atoms with Gasteiger partial charge in [0, 0.05) is 0 Å². The molecule has 4 heteroatoms. The van der Waals surface area contributed by atoms with Gasteiger partial charge in [-0.15, -0.1) is 0 Å². The molecule has 0 unspecified atom stereocenters. The quantitative estimate of drug-likeness (QED) is 0.496. The summed E-state index contributed by atoms with van der Waals surface area (Å²) in [4.78, 5) is 0. The van der Waals surface area contributed by atoms with Crippen molar-refractivity contribution in [2.75, 3.05) is 0 Å². The van der Waals surface area contributed by atoms with Gasteiger partial charge in [0.05, 0.1) is 3.70 Å². The molecule has 1 rings (SSSR count). The maximum atomic E-state index is 5.52. The Bertz CT molecular complexity index is 134. The number of allylic oxidation sites excluding steroid dienone is 2. The second kappa shape index (κ2) is 2.59. The maximum Gasteiger partial charge on any atom is 0.120 e. The molecule has 8 heavy (non-hydrogen) atoms. The average molecular weight is 242 g/mol. The number of hydrazine groups is 1. The molecule has 44 valence electrons. The summed E-state index contributed by atoms with van der Waals surface area (Å²) in [7, 11) is 0. The largest absolute Gasteiger partial charge is 0.294 e. The third kappa shape index (κ3) is 1.56. The predicted octanol–water partition coefficient (Wildman–Crippen LogP) is 1.45. The summed E-state index contributed by atoms with van der Waals surface area (Å²) < 4.78 is 1.03. The Kier molecular flexibility index (Phi) is 2.01. The normalized spacial score (nSPS) is 17.8. The van der Waals surface area contributed by atoms with Crippen LogP contribution in [0, 0.1) is 0 Å². The van der Waals surface area contributed by atoms with E-state index in [4.69, 9.17) is 11.6 Å². The van der Waals surface area contributed by atoms with Gasteiger partial charge in [0.1, 0.15) is 5.16 Å². The van der Waals surface area contributed by atoms with Crippen molar-refractivity contribution in [3.63, 3.8) is 0 Å². The van der Waals surface area contributed by atoms with Crippen LogP contribution in [0.1, 0.15) is 0 Å². The highest BCUT2D eigenvalue weighted by atomic mass is 127. The number of halogens is 2. The lowest BCUT2D eigenvalue weighted by atomic mass is 10.5. The van der Waals surface area contributed by atoms with E-state index in [1.807, 2.05) is 6.08 Å². The van der Waals surface area contributed by atoms with Crippen molar-refractivity contribution in [3.8, 4) is 0 Å². The molecule has 0 bridgehead atoms. The zero-order chi connectivity index (χ0) is 5.98. The van der Waals surface area contributed by atoms with E-state index in [0.29, 0.717) is 5.16 Å². The second-order valence-corrected chi connectivity index (χ2v) is 2.85. The molecule has 0 aromatic heterocycles. The maximum absolute atomic E-state index is 5.52. The topological polar surface area (TPSA) is 24.1 Å². The molecule has 2 nitrogen and oxygen atoms in total. The summed E-state index contributed by atoms with van der Waals surface area (Å²) in [5.74, 6) is 0. The van der Waals surface area contributed by atoms with Crippen LogP contribution in [-0.2, 0) is 0 Å². The predicted molar refractivity (Wildman–Crippen MR) is 42.3 cm³/mol. The van der Waals surface area contributed by atoms with E-state index >= 15 is 0 Å². The van der Waals surface area contributed by atoms with E-state index in [2.05, 4.69) is 33.4 Å². The highest BCUT2D eigenvalue weighted by Crippen LogP contribution is 2.07. The molecule has 0 fully saturated rings. The van der Waals surface area contributed by atoms with Gasteiger partial charge in [-0.05, 0) is 34.7 Å². The van der Waals surface area contributed by atoms with E-state index in [0.717, 1.165) is 3.70 Å². The Balaban J connectivity index is 2.65. The zero-order valence-electron chi connectivity index (χ0n) is 3.91. The lowest BCUT2D eigenvalue weighted by molar-refractivity contribution is 0.747. The minimum absolute atomic E-state index is 0.616. The number of hydrogen-bond donors (Lipinski definition) is 2. The van der Waals surface area contributed by atoms with E-state index in [1.54, 1.807) is 6.08 Å².